The summed E-state index contributed by atoms with van der Waals surface area (Å²) in [5.74, 6) is -0.507. The van der Waals surface area contributed by atoms with Crippen LogP contribution in [0.25, 0.3) is 0 Å². The minimum atomic E-state index is -0.847. The maximum absolute atomic E-state index is 12.4. The summed E-state index contributed by atoms with van der Waals surface area (Å²) in [6.45, 7) is 0.882. The number of aliphatic carboxylic acids is 1. The van der Waals surface area contributed by atoms with Gasteiger partial charge in [-0.05, 0) is 42.3 Å². The molecule has 0 aromatic heterocycles. The van der Waals surface area contributed by atoms with Gasteiger partial charge in [-0.25, -0.2) is 0 Å². The summed E-state index contributed by atoms with van der Waals surface area (Å²) in [7, 11) is 1.60. The van der Waals surface area contributed by atoms with Crippen LogP contribution in [0.3, 0.4) is 0 Å². The van der Waals surface area contributed by atoms with Crippen LogP contribution >= 0.6 is 0 Å². The van der Waals surface area contributed by atoms with Gasteiger partial charge in [-0.1, -0.05) is 18.2 Å². The lowest BCUT2D eigenvalue weighted by atomic mass is 10.1. The molecule has 0 aliphatic heterocycles. The first-order valence-corrected chi connectivity index (χ1v) is 7.92. The highest BCUT2D eigenvalue weighted by atomic mass is 16.5. The normalized spacial score (nSPS) is 10.3. The molecule has 0 bridgehead atoms. The first-order chi connectivity index (χ1) is 12.1. The van der Waals surface area contributed by atoms with Gasteiger partial charge in [0.1, 0.15) is 12.4 Å². The molecule has 0 spiro atoms. The second-order valence-corrected chi connectivity index (χ2v) is 5.42. The van der Waals surface area contributed by atoms with E-state index >= 15 is 0 Å². The van der Waals surface area contributed by atoms with Crippen molar-refractivity contribution in [2.75, 3.05) is 25.6 Å². The van der Waals surface area contributed by atoms with Crippen LogP contribution in [0.2, 0.25) is 0 Å². The van der Waals surface area contributed by atoms with E-state index in [1.807, 2.05) is 6.07 Å². The molecule has 6 nitrogen and oxygen atoms in total. The van der Waals surface area contributed by atoms with Crippen LogP contribution in [0, 0.1) is 0 Å². The Labute approximate surface area is 146 Å². The van der Waals surface area contributed by atoms with Gasteiger partial charge in [0.05, 0.1) is 6.61 Å². The lowest BCUT2D eigenvalue weighted by molar-refractivity contribution is -0.136. The van der Waals surface area contributed by atoms with Gasteiger partial charge in [-0.3, -0.25) is 9.59 Å². The van der Waals surface area contributed by atoms with E-state index in [9.17, 15) is 9.59 Å². The minimum absolute atomic E-state index is 0.0538. The number of aryl methyl sites for hydroxylation is 1. The van der Waals surface area contributed by atoms with Crippen LogP contribution in [-0.4, -0.2) is 37.3 Å². The Morgan fingerprint density at radius 2 is 1.88 bits per heavy atom. The quantitative estimate of drug-likeness (QED) is 0.684. The van der Waals surface area contributed by atoms with E-state index in [0.717, 1.165) is 5.56 Å². The molecular formula is C19H21NO5. The SMILES string of the molecule is COCCOc1cccc(C(=O)Nc2cccc(CCC(=O)O)c2)c1. The van der Waals surface area contributed by atoms with Crippen molar-refractivity contribution in [2.45, 2.75) is 12.8 Å². The van der Waals surface area contributed by atoms with Crippen LogP contribution in [0.5, 0.6) is 5.75 Å². The molecule has 2 aromatic carbocycles. The molecule has 25 heavy (non-hydrogen) atoms. The van der Waals surface area contributed by atoms with Gasteiger partial charge in [0, 0.05) is 24.8 Å². The second-order valence-electron chi connectivity index (χ2n) is 5.42. The average Bonchev–Trinajstić information content (AvgIpc) is 2.61. The van der Waals surface area contributed by atoms with Crippen molar-refractivity contribution in [1.29, 1.82) is 0 Å². The number of hydrogen-bond acceptors (Lipinski definition) is 4. The second kappa shape index (κ2) is 9.44. The Morgan fingerprint density at radius 1 is 1.08 bits per heavy atom. The number of carboxylic acids is 1. The molecule has 0 unspecified atom stereocenters. The molecule has 2 rings (SSSR count). The Balaban J connectivity index is 2.00. The summed E-state index contributed by atoms with van der Waals surface area (Å²) < 4.78 is 10.4. The number of nitrogens with one attached hydrogen (secondary N) is 1. The summed E-state index contributed by atoms with van der Waals surface area (Å²) in [6.07, 6.45) is 0.472. The zero-order chi connectivity index (χ0) is 18.1. The third kappa shape index (κ3) is 6.27. The molecule has 2 N–H and O–H groups in total. The van der Waals surface area contributed by atoms with Gasteiger partial charge in [0.15, 0.2) is 0 Å². The minimum Gasteiger partial charge on any atom is -0.491 e. The van der Waals surface area contributed by atoms with Crippen molar-refractivity contribution >= 4 is 17.6 Å². The van der Waals surface area contributed by atoms with Crippen molar-refractivity contribution in [2.24, 2.45) is 0 Å². The molecule has 132 valence electrons. The highest BCUT2D eigenvalue weighted by Gasteiger charge is 2.08. The molecule has 0 fully saturated rings. The van der Waals surface area contributed by atoms with Gasteiger partial charge < -0.3 is 19.9 Å². The summed E-state index contributed by atoms with van der Waals surface area (Å²) >= 11 is 0. The number of ether oxygens (including phenoxy) is 2. The standard InChI is InChI=1S/C19H21NO5/c1-24-10-11-25-17-7-3-5-15(13-17)19(23)20-16-6-2-4-14(12-16)8-9-18(21)22/h2-7,12-13H,8-11H2,1H3,(H,20,23)(H,21,22). The van der Waals surface area contributed by atoms with E-state index in [-0.39, 0.29) is 12.3 Å². The van der Waals surface area contributed by atoms with E-state index in [2.05, 4.69) is 5.32 Å². The molecule has 0 saturated carbocycles. The number of hydrogen-bond donors (Lipinski definition) is 2. The Hall–Kier alpha value is -2.86. The number of carbonyl (C=O) groups is 2. The first-order valence-electron chi connectivity index (χ1n) is 7.92. The number of amides is 1. The molecule has 0 heterocycles. The van der Waals surface area contributed by atoms with Crippen molar-refractivity contribution in [1.82, 2.24) is 0 Å². The van der Waals surface area contributed by atoms with Gasteiger partial charge in [0.25, 0.3) is 5.91 Å². The molecule has 6 heteroatoms. The number of anilines is 1. The number of rotatable bonds is 9. The van der Waals surface area contributed by atoms with E-state index in [0.29, 0.717) is 36.6 Å². The molecule has 0 aliphatic carbocycles. The van der Waals surface area contributed by atoms with E-state index in [1.165, 1.54) is 0 Å². The monoisotopic (exact) mass is 343 g/mol. The van der Waals surface area contributed by atoms with Gasteiger partial charge in [-0.2, -0.15) is 0 Å². The zero-order valence-electron chi connectivity index (χ0n) is 14.0. The smallest absolute Gasteiger partial charge is 0.303 e. The maximum Gasteiger partial charge on any atom is 0.303 e. The Kier molecular flexibility index (Phi) is 6.98. The lowest BCUT2D eigenvalue weighted by Gasteiger charge is -2.09. The highest BCUT2D eigenvalue weighted by Crippen LogP contribution is 2.17. The first kappa shape index (κ1) is 18.5. The topological polar surface area (TPSA) is 84.9 Å². The van der Waals surface area contributed by atoms with Crippen molar-refractivity contribution in [3.8, 4) is 5.75 Å². The van der Waals surface area contributed by atoms with Crippen LogP contribution in [0.15, 0.2) is 48.5 Å². The maximum atomic E-state index is 12.4. The summed E-state index contributed by atoms with van der Waals surface area (Å²) in [5.41, 5.74) is 1.96. The molecule has 1 amide bonds. The van der Waals surface area contributed by atoms with Gasteiger partial charge in [0.2, 0.25) is 0 Å². The van der Waals surface area contributed by atoms with E-state index < -0.39 is 5.97 Å². The Bertz CT molecular complexity index is 729. The van der Waals surface area contributed by atoms with Crippen LogP contribution < -0.4 is 10.1 Å². The summed E-state index contributed by atoms with van der Waals surface area (Å²) in [5, 5.41) is 11.6. The van der Waals surface area contributed by atoms with E-state index in [4.69, 9.17) is 14.6 Å². The van der Waals surface area contributed by atoms with Crippen molar-refractivity contribution in [3.63, 3.8) is 0 Å². The lowest BCUT2D eigenvalue weighted by Crippen LogP contribution is -2.12. The molecular weight excluding hydrogens is 322 g/mol. The third-order valence-electron chi connectivity index (χ3n) is 3.46. The summed E-state index contributed by atoms with van der Waals surface area (Å²) in [6, 6.07) is 14.1. The highest BCUT2D eigenvalue weighted by molar-refractivity contribution is 6.04. The largest absolute Gasteiger partial charge is 0.491 e. The van der Waals surface area contributed by atoms with E-state index in [1.54, 1.807) is 49.6 Å². The van der Waals surface area contributed by atoms with Crippen molar-refractivity contribution in [3.05, 3.63) is 59.7 Å². The number of carboxylic acid groups (broad SMARTS) is 1. The summed E-state index contributed by atoms with van der Waals surface area (Å²) in [4.78, 5) is 23.0. The predicted octanol–water partition coefficient (Wildman–Crippen LogP) is 2.98. The van der Waals surface area contributed by atoms with Crippen LogP contribution in [-0.2, 0) is 16.0 Å². The number of carbonyl (C=O) groups excluding carboxylic acids is 1. The molecule has 0 aliphatic rings. The molecule has 0 atom stereocenters. The van der Waals surface area contributed by atoms with Gasteiger partial charge >= 0.3 is 5.97 Å². The average molecular weight is 343 g/mol. The van der Waals surface area contributed by atoms with Crippen LogP contribution in [0.4, 0.5) is 5.69 Å². The molecule has 0 saturated heterocycles. The fourth-order valence-corrected chi connectivity index (χ4v) is 2.23. The number of benzene rings is 2. The fraction of sp³-hybridized carbons (Fsp3) is 0.263. The fourth-order valence-electron chi connectivity index (χ4n) is 2.23. The third-order valence-corrected chi connectivity index (χ3v) is 3.46. The van der Waals surface area contributed by atoms with Crippen molar-refractivity contribution < 1.29 is 24.2 Å². The van der Waals surface area contributed by atoms with Crippen LogP contribution in [0.1, 0.15) is 22.3 Å². The zero-order valence-corrected chi connectivity index (χ0v) is 14.0. The molecule has 0 radical (unpaired) electrons. The number of methoxy groups -OCH3 is 1. The van der Waals surface area contributed by atoms with Gasteiger partial charge in [-0.15, -0.1) is 0 Å². The Morgan fingerprint density at radius 3 is 2.64 bits per heavy atom. The molecule has 2 aromatic rings. The predicted molar refractivity (Wildman–Crippen MR) is 94.2 cm³/mol.